The number of anilines is 1. The van der Waals surface area contributed by atoms with Gasteiger partial charge in [-0.05, 0) is 31.7 Å². The molecule has 1 aliphatic heterocycles. The summed E-state index contributed by atoms with van der Waals surface area (Å²) in [6.07, 6.45) is 10.9. The molecule has 0 bridgehead atoms. The number of carbonyl (C=O) groups is 1. The summed E-state index contributed by atoms with van der Waals surface area (Å²) in [6.45, 7) is 2.08. The highest BCUT2D eigenvalue weighted by atomic mass is 16.1. The molecule has 1 aromatic heterocycles. The minimum Gasteiger partial charge on any atom is -0.370 e. The number of aliphatic imine (C=N–C) groups is 1. The summed E-state index contributed by atoms with van der Waals surface area (Å²) in [6, 6.07) is 4.42. The molecule has 1 aromatic rings. The van der Waals surface area contributed by atoms with Gasteiger partial charge in [0.1, 0.15) is 5.82 Å². The Balaban J connectivity index is 1.59. The third-order valence-electron chi connectivity index (χ3n) is 5.69. The molecule has 1 amide bonds. The number of rotatable bonds is 5. The van der Waals surface area contributed by atoms with Crippen LogP contribution >= 0.6 is 0 Å². The predicted molar refractivity (Wildman–Crippen MR) is 108 cm³/mol. The van der Waals surface area contributed by atoms with Crippen LogP contribution in [0.4, 0.5) is 5.82 Å². The van der Waals surface area contributed by atoms with Gasteiger partial charge in [0.2, 0.25) is 5.91 Å². The van der Waals surface area contributed by atoms with E-state index in [1.165, 1.54) is 38.5 Å². The topological polar surface area (TPSA) is 110 Å². The smallest absolute Gasteiger partial charge is 0.220 e. The number of carbonyl (C=O) groups excluding carboxylic acids is 1. The van der Waals surface area contributed by atoms with E-state index in [0.29, 0.717) is 18.5 Å². The minimum atomic E-state index is -0.196. The van der Waals surface area contributed by atoms with Crippen molar-refractivity contribution in [3.05, 3.63) is 23.9 Å². The molecule has 27 heavy (non-hydrogen) atoms. The summed E-state index contributed by atoms with van der Waals surface area (Å²) in [5.41, 5.74) is 12.6. The van der Waals surface area contributed by atoms with E-state index in [1.807, 2.05) is 12.1 Å². The van der Waals surface area contributed by atoms with Crippen molar-refractivity contribution in [1.29, 1.82) is 0 Å². The number of nitrogens with two attached hydrogens (primary N) is 2. The predicted octanol–water partition coefficient (Wildman–Crippen LogP) is 1.91. The lowest BCUT2D eigenvalue weighted by Crippen LogP contribution is -2.40. The Bertz CT molecular complexity index is 646. The van der Waals surface area contributed by atoms with E-state index in [-0.39, 0.29) is 11.8 Å². The van der Waals surface area contributed by atoms with Crippen LogP contribution in [0.5, 0.6) is 0 Å². The quantitative estimate of drug-likeness (QED) is 0.415. The fourth-order valence-electron chi connectivity index (χ4n) is 4.06. The number of hydrogen-bond donors (Lipinski definition) is 3. The Morgan fingerprint density at radius 1 is 1.15 bits per heavy atom. The Morgan fingerprint density at radius 2 is 1.85 bits per heavy atom. The van der Waals surface area contributed by atoms with E-state index in [4.69, 9.17) is 11.5 Å². The third-order valence-corrected chi connectivity index (χ3v) is 5.69. The number of guanidine groups is 1. The van der Waals surface area contributed by atoms with Crippen LogP contribution < -0.4 is 21.7 Å². The lowest BCUT2D eigenvalue weighted by molar-refractivity contribution is -0.122. The van der Waals surface area contributed by atoms with Gasteiger partial charge in [-0.1, -0.05) is 31.7 Å². The van der Waals surface area contributed by atoms with Gasteiger partial charge >= 0.3 is 0 Å². The highest BCUT2D eigenvalue weighted by Crippen LogP contribution is 2.25. The van der Waals surface area contributed by atoms with Gasteiger partial charge in [-0.2, -0.15) is 0 Å². The number of piperidine rings is 1. The number of nitrogens with zero attached hydrogens (tertiary/aromatic N) is 3. The zero-order valence-corrected chi connectivity index (χ0v) is 16.1. The van der Waals surface area contributed by atoms with E-state index in [1.54, 1.807) is 6.20 Å². The second kappa shape index (κ2) is 9.58. The van der Waals surface area contributed by atoms with Gasteiger partial charge in [-0.3, -0.25) is 4.79 Å². The number of pyridine rings is 1. The number of hydrogen-bond acceptors (Lipinski definition) is 4. The van der Waals surface area contributed by atoms with Crippen LogP contribution in [0.25, 0.3) is 0 Å². The fraction of sp³-hybridized carbons (Fsp3) is 0.650. The molecule has 1 saturated heterocycles. The molecule has 0 atom stereocenters. The molecule has 0 unspecified atom stereocenters. The number of aromatic nitrogens is 1. The van der Waals surface area contributed by atoms with Gasteiger partial charge in [0.15, 0.2) is 5.96 Å². The molecule has 7 nitrogen and oxygen atoms in total. The maximum absolute atomic E-state index is 11.4. The van der Waals surface area contributed by atoms with Crippen molar-refractivity contribution >= 4 is 17.7 Å². The van der Waals surface area contributed by atoms with Gasteiger partial charge < -0.3 is 21.7 Å². The summed E-state index contributed by atoms with van der Waals surface area (Å²) in [7, 11) is 0. The molecule has 0 aromatic carbocycles. The van der Waals surface area contributed by atoms with Crippen molar-refractivity contribution in [3.63, 3.8) is 0 Å². The highest BCUT2D eigenvalue weighted by Gasteiger charge is 2.24. The third kappa shape index (κ3) is 5.58. The number of amides is 1. The first kappa shape index (κ1) is 19.5. The summed E-state index contributed by atoms with van der Waals surface area (Å²) >= 11 is 0. The van der Waals surface area contributed by atoms with Crippen molar-refractivity contribution in [2.75, 3.05) is 18.0 Å². The SMILES string of the molecule is NC(=O)C1CCN(c2ncccc2CN=C(N)NC2CCCCCC2)CC1. The van der Waals surface area contributed by atoms with Crippen LogP contribution in [0.15, 0.2) is 23.3 Å². The molecule has 2 heterocycles. The number of primary amides is 1. The molecule has 5 N–H and O–H groups in total. The van der Waals surface area contributed by atoms with E-state index < -0.39 is 0 Å². The van der Waals surface area contributed by atoms with Crippen LogP contribution in [0, 0.1) is 5.92 Å². The minimum absolute atomic E-state index is 0.0224. The lowest BCUT2D eigenvalue weighted by Gasteiger charge is -2.32. The van der Waals surface area contributed by atoms with Crippen molar-refractivity contribution in [2.45, 2.75) is 64.0 Å². The molecule has 0 spiro atoms. The van der Waals surface area contributed by atoms with E-state index in [9.17, 15) is 4.79 Å². The first-order valence-corrected chi connectivity index (χ1v) is 10.2. The molecule has 3 rings (SSSR count). The Kier molecular flexibility index (Phi) is 6.90. The van der Waals surface area contributed by atoms with Crippen LogP contribution in [0.1, 0.15) is 56.9 Å². The second-order valence-corrected chi connectivity index (χ2v) is 7.68. The van der Waals surface area contributed by atoms with Crippen LogP contribution in [0.3, 0.4) is 0 Å². The van der Waals surface area contributed by atoms with Gasteiger partial charge in [0.05, 0.1) is 6.54 Å². The molecule has 2 fully saturated rings. The summed E-state index contributed by atoms with van der Waals surface area (Å²) < 4.78 is 0. The molecule has 0 radical (unpaired) electrons. The average molecular weight is 373 g/mol. The highest BCUT2D eigenvalue weighted by molar-refractivity contribution is 5.78. The van der Waals surface area contributed by atoms with Crippen LogP contribution in [-0.2, 0) is 11.3 Å². The van der Waals surface area contributed by atoms with Gasteiger partial charge in [-0.15, -0.1) is 0 Å². The zero-order valence-electron chi connectivity index (χ0n) is 16.1. The Hall–Kier alpha value is -2.31. The normalized spacial score (nSPS) is 20.3. The molecule has 2 aliphatic rings. The molecule has 148 valence electrons. The Morgan fingerprint density at radius 3 is 2.52 bits per heavy atom. The molecule has 7 heteroatoms. The maximum Gasteiger partial charge on any atom is 0.220 e. The fourth-order valence-corrected chi connectivity index (χ4v) is 4.06. The van der Waals surface area contributed by atoms with Crippen molar-refractivity contribution in [2.24, 2.45) is 22.4 Å². The molecule has 1 aliphatic carbocycles. The monoisotopic (exact) mass is 372 g/mol. The van der Waals surface area contributed by atoms with E-state index >= 15 is 0 Å². The first-order chi connectivity index (χ1) is 13.1. The summed E-state index contributed by atoms with van der Waals surface area (Å²) in [5, 5.41) is 3.39. The van der Waals surface area contributed by atoms with E-state index in [2.05, 4.69) is 20.2 Å². The maximum atomic E-state index is 11.4. The molecular weight excluding hydrogens is 340 g/mol. The van der Waals surface area contributed by atoms with Crippen LogP contribution in [0.2, 0.25) is 0 Å². The number of nitrogens with one attached hydrogen (secondary N) is 1. The second-order valence-electron chi connectivity index (χ2n) is 7.68. The van der Waals surface area contributed by atoms with Crippen molar-refractivity contribution < 1.29 is 4.79 Å². The van der Waals surface area contributed by atoms with E-state index in [0.717, 1.165) is 37.3 Å². The summed E-state index contributed by atoms with van der Waals surface area (Å²) in [4.78, 5) is 22.7. The molecular formula is C20H32N6O. The largest absolute Gasteiger partial charge is 0.370 e. The van der Waals surface area contributed by atoms with Gasteiger partial charge in [0.25, 0.3) is 0 Å². The zero-order chi connectivity index (χ0) is 19.1. The molecule has 1 saturated carbocycles. The summed E-state index contributed by atoms with van der Waals surface area (Å²) in [5.74, 6) is 1.24. The average Bonchev–Trinajstić information content (AvgIpc) is 2.95. The van der Waals surface area contributed by atoms with Gasteiger partial charge in [0, 0.05) is 36.8 Å². The standard InChI is InChI=1S/C20H32N6O/c21-18(27)15-9-12-26(13-10-15)19-16(6-5-11-23-19)14-24-20(22)25-17-7-3-1-2-4-8-17/h5-6,11,15,17H,1-4,7-10,12-14H2,(H2,21,27)(H3,22,24,25). The van der Waals surface area contributed by atoms with Crippen LogP contribution in [-0.4, -0.2) is 36.0 Å². The van der Waals surface area contributed by atoms with Crippen molar-refractivity contribution in [3.8, 4) is 0 Å². The van der Waals surface area contributed by atoms with Gasteiger partial charge in [-0.25, -0.2) is 9.98 Å². The first-order valence-electron chi connectivity index (χ1n) is 10.2. The lowest BCUT2D eigenvalue weighted by atomic mass is 9.96. The Labute approximate surface area is 161 Å². The van der Waals surface area contributed by atoms with Crippen molar-refractivity contribution in [1.82, 2.24) is 10.3 Å².